The fraction of sp³-hybridized carbons (Fsp3) is 0.111. The summed E-state index contributed by atoms with van der Waals surface area (Å²) in [4.78, 5) is 29.6. The molecule has 0 radical (unpaired) electrons. The zero-order valence-electron chi connectivity index (χ0n) is 19.1. The molecule has 8 heteroatoms. The minimum atomic E-state index is -0.549. The molecule has 0 saturated heterocycles. The Labute approximate surface area is 206 Å². The monoisotopic (exact) mass is 487 g/mol. The lowest BCUT2D eigenvalue weighted by atomic mass is 10.2. The lowest BCUT2D eigenvalue weighted by molar-refractivity contribution is -0.129. The van der Waals surface area contributed by atoms with Crippen molar-refractivity contribution in [3.63, 3.8) is 0 Å². The van der Waals surface area contributed by atoms with Crippen molar-refractivity contribution in [1.29, 1.82) is 0 Å². The topological polar surface area (TPSA) is 82.8 Å². The Kier molecular flexibility index (Phi) is 7.38. The molecule has 0 aliphatic carbocycles. The molecule has 0 fully saturated rings. The van der Waals surface area contributed by atoms with E-state index < -0.39 is 5.97 Å². The number of hydrogen-bond donors (Lipinski definition) is 0. The molecule has 3 aromatic carbocycles. The molecule has 4 aromatic rings. The van der Waals surface area contributed by atoms with E-state index in [0.717, 1.165) is 5.56 Å². The highest BCUT2D eigenvalue weighted by Gasteiger charge is 2.10. The SMILES string of the molecule is CCOc1cc(C=Nn2c(C)nc3ccccc3c2=O)ccc1OC(=O)C=Cc1ccc(Cl)cc1. The predicted molar refractivity (Wildman–Crippen MR) is 137 cm³/mol. The van der Waals surface area contributed by atoms with Crippen molar-refractivity contribution in [2.24, 2.45) is 5.10 Å². The number of rotatable bonds is 7. The van der Waals surface area contributed by atoms with Crippen LogP contribution in [0, 0.1) is 6.92 Å². The maximum Gasteiger partial charge on any atom is 0.336 e. The third-order valence-electron chi connectivity index (χ3n) is 5.00. The van der Waals surface area contributed by atoms with Crippen LogP contribution in [0.25, 0.3) is 17.0 Å². The Balaban J connectivity index is 1.55. The number of hydrogen-bond acceptors (Lipinski definition) is 6. The van der Waals surface area contributed by atoms with Gasteiger partial charge >= 0.3 is 5.97 Å². The van der Waals surface area contributed by atoms with E-state index >= 15 is 0 Å². The molecule has 0 unspecified atom stereocenters. The van der Waals surface area contributed by atoms with E-state index in [-0.39, 0.29) is 11.3 Å². The Morgan fingerprint density at radius 1 is 1.06 bits per heavy atom. The first-order valence-corrected chi connectivity index (χ1v) is 11.3. The highest BCUT2D eigenvalue weighted by Crippen LogP contribution is 2.28. The van der Waals surface area contributed by atoms with Crippen LogP contribution in [0.1, 0.15) is 23.9 Å². The summed E-state index contributed by atoms with van der Waals surface area (Å²) in [5.74, 6) is 0.570. The van der Waals surface area contributed by atoms with Crippen LogP contribution in [-0.2, 0) is 4.79 Å². The number of carbonyl (C=O) groups excluding carboxylic acids is 1. The Morgan fingerprint density at radius 2 is 1.80 bits per heavy atom. The predicted octanol–water partition coefficient (Wildman–Crippen LogP) is 5.26. The zero-order chi connectivity index (χ0) is 24.8. The number of esters is 1. The molecule has 176 valence electrons. The number of ether oxygens (including phenoxy) is 2. The van der Waals surface area contributed by atoms with Crippen molar-refractivity contribution in [2.45, 2.75) is 13.8 Å². The lowest BCUT2D eigenvalue weighted by Gasteiger charge is -2.10. The Hall–Kier alpha value is -4.23. The lowest BCUT2D eigenvalue weighted by Crippen LogP contribution is -2.20. The molecule has 0 saturated carbocycles. The third kappa shape index (κ3) is 5.83. The molecule has 0 amide bonds. The van der Waals surface area contributed by atoms with Crippen molar-refractivity contribution < 1.29 is 14.3 Å². The summed E-state index contributed by atoms with van der Waals surface area (Å²) < 4.78 is 12.4. The minimum Gasteiger partial charge on any atom is -0.490 e. The standard InChI is InChI=1S/C27H22ClN3O4/c1-3-34-25-16-20(17-29-31-18(2)30-23-7-5-4-6-22(23)27(31)33)10-14-24(25)35-26(32)15-11-19-8-12-21(28)13-9-19/h4-17H,3H2,1-2H3. The molecule has 1 aromatic heterocycles. The van der Waals surface area contributed by atoms with Gasteiger partial charge in [-0.2, -0.15) is 9.78 Å². The number of aryl methyl sites for hydroxylation is 1. The molecule has 0 atom stereocenters. The van der Waals surface area contributed by atoms with Crippen molar-refractivity contribution in [1.82, 2.24) is 9.66 Å². The van der Waals surface area contributed by atoms with Crippen LogP contribution >= 0.6 is 11.6 Å². The van der Waals surface area contributed by atoms with Crippen LogP contribution in [0.3, 0.4) is 0 Å². The second kappa shape index (κ2) is 10.8. The zero-order valence-corrected chi connectivity index (χ0v) is 19.9. The first kappa shape index (κ1) is 23.9. The van der Waals surface area contributed by atoms with Gasteiger partial charge in [0.1, 0.15) is 5.82 Å². The van der Waals surface area contributed by atoms with Gasteiger partial charge in [-0.15, -0.1) is 0 Å². The number of fused-ring (bicyclic) bond motifs is 1. The first-order chi connectivity index (χ1) is 16.9. The average molecular weight is 488 g/mol. The summed E-state index contributed by atoms with van der Waals surface area (Å²) in [6.07, 6.45) is 4.49. The van der Waals surface area contributed by atoms with Gasteiger partial charge in [0.05, 0.1) is 23.7 Å². The Morgan fingerprint density at radius 3 is 2.57 bits per heavy atom. The van der Waals surface area contributed by atoms with Crippen LogP contribution in [0.15, 0.2) is 82.7 Å². The Bertz CT molecular complexity index is 1490. The van der Waals surface area contributed by atoms with E-state index in [9.17, 15) is 9.59 Å². The van der Waals surface area contributed by atoms with E-state index in [1.807, 2.05) is 13.0 Å². The summed E-state index contributed by atoms with van der Waals surface area (Å²) >= 11 is 5.88. The molecule has 0 aliphatic heterocycles. The quantitative estimate of drug-likeness (QED) is 0.154. The summed E-state index contributed by atoms with van der Waals surface area (Å²) in [7, 11) is 0. The minimum absolute atomic E-state index is 0.257. The van der Waals surface area contributed by atoms with Crippen LogP contribution in [0.4, 0.5) is 0 Å². The fourth-order valence-electron chi connectivity index (χ4n) is 3.33. The van der Waals surface area contributed by atoms with Crippen molar-refractivity contribution >= 4 is 40.8 Å². The number of aromatic nitrogens is 2. The van der Waals surface area contributed by atoms with Crippen LogP contribution in [0.2, 0.25) is 5.02 Å². The maximum absolute atomic E-state index is 12.8. The molecule has 0 aliphatic rings. The normalized spacial score (nSPS) is 11.4. The van der Waals surface area contributed by atoms with Gasteiger partial charge in [0, 0.05) is 11.1 Å². The second-order valence-corrected chi connectivity index (χ2v) is 7.92. The molecule has 7 nitrogen and oxygen atoms in total. The molecular formula is C27H22ClN3O4. The van der Waals surface area contributed by atoms with E-state index in [2.05, 4.69) is 10.1 Å². The van der Waals surface area contributed by atoms with Crippen LogP contribution in [-0.4, -0.2) is 28.5 Å². The second-order valence-electron chi connectivity index (χ2n) is 7.48. The summed E-state index contributed by atoms with van der Waals surface area (Å²) in [6, 6.07) is 19.2. The first-order valence-electron chi connectivity index (χ1n) is 10.9. The molecular weight excluding hydrogens is 466 g/mol. The number of benzene rings is 3. The highest BCUT2D eigenvalue weighted by molar-refractivity contribution is 6.30. The molecule has 0 N–H and O–H groups in total. The van der Waals surface area contributed by atoms with Gasteiger partial charge in [-0.3, -0.25) is 4.79 Å². The fourth-order valence-corrected chi connectivity index (χ4v) is 3.46. The van der Waals surface area contributed by atoms with E-state index in [0.29, 0.717) is 39.7 Å². The largest absolute Gasteiger partial charge is 0.490 e. The molecule has 35 heavy (non-hydrogen) atoms. The van der Waals surface area contributed by atoms with Crippen molar-refractivity contribution in [3.8, 4) is 11.5 Å². The van der Waals surface area contributed by atoms with Gasteiger partial charge in [-0.05, 0) is 73.5 Å². The summed E-state index contributed by atoms with van der Waals surface area (Å²) in [5, 5.41) is 5.42. The van der Waals surface area contributed by atoms with Crippen LogP contribution < -0.4 is 15.0 Å². The van der Waals surface area contributed by atoms with Crippen LogP contribution in [0.5, 0.6) is 11.5 Å². The van der Waals surface area contributed by atoms with E-state index in [1.54, 1.807) is 73.7 Å². The van der Waals surface area contributed by atoms with Crippen molar-refractivity contribution in [2.75, 3.05) is 6.61 Å². The van der Waals surface area contributed by atoms with Crippen molar-refractivity contribution in [3.05, 3.63) is 105 Å². The average Bonchev–Trinajstić information content (AvgIpc) is 2.85. The van der Waals surface area contributed by atoms with Gasteiger partial charge in [0.15, 0.2) is 11.5 Å². The summed E-state index contributed by atoms with van der Waals surface area (Å²) in [6.45, 7) is 3.92. The smallest absolute Gasteiger partial charge is 0.336 e. The van der Waals surface area contributed by atoms with Gasteiger partial charge in [0.25, 0.3) is 5.56 Å². The third-order valence-corrected chi connectivity index (χ3v) is 5.25. The number of nitrogens with zero attached hydrogens (tertiary/aromatic N) is 3. The maximum atomic E-state index is 12.8. The molecule has 1 heterocycles. The summed E-state index contributed by atoms with van der Waals surface area (Å²) in [5.41, 5.74) is 1.84. The molecule has 0 spiro atoms. The van der Waals surface area contributed by atoms with Gasteiger partial charge in [-0.1, -0.05) is 35.9 Å². The van der Waals surface area contributed by atoms with E-state index in [1.165, 1.54) is 17.0 Å². The van der Waals surface area contributed by atoms with Gasteiger partial charge < -0.3 is 9.47 Å². The molecule has 4 rings (SSSR count). The van der Waals surface area contributed by atoms with E-state index in [4.69, 9.17) is 21.1 Å². The number of carbonyl (C=O) groups is 1. The highest BCUT2D eigenvalue weighted by atomic mass is 35.5. The number of halogens is 1. The van der Waals surface area contributed by atoms with Gasteiger partial charge in [0.2, 0.25) is 0 Å². The molecule has 0 bridgehead atoms. The number of para-hydroxylation sites is 1. The van der Waals surface area contributed by atoms with Gasteiger partial charge in [-0.25, -0.2) is 9.78 Å².